The van der Waals surface area contributed by atoms with E-state index in [0.717, 1.165) is 12.8 Å². The van der Waals surface area contributed by atoms with Crippen molar-refractivity contribution in [1.82, 2.24) is 0 Å². The van der Waals surface area contributed by atoms with Gasteiger partial charge in [-0.2, -0.15) is 0 Å². The van der Waals surface area contributed by atoms with Crippen molar-refractivity contribution in [2.45, 2.75) is 31.7 Å². The SMILES string of the molecule is CO[C@@]1(COC(=O)c2ccccc2)CCC(C)O1. The van der Waals surface area contributed by atoms with E-state index in [0.29, 0.717) is 5.56 Å². The second-order valence-electron chi connectivity index (χ2n) is 4.52. The molecule has 0 amide bonds. The Kier molecular flexibility index (Phi) is 3.99. The molecule has 1 aliphatic heterocycles. The van der Waals surface area contributed by atoms with E-state index < -0.39 is 5.79 Å². The standard InChI is InChI=1S/C14H18O4/c1-11-8-9-14(16-2,18-11)10-17-13(15)12-6-4-3-5-7-12/h3-7,11H,8-10H2,1-2H3/t11?,14-/m0/s1. The molecule has 1 aromatic carbocycles. The van der Waals surface area contributed by atoms with E-state index in [2.05, 4.69) is 0 Å². The molecule has 1 aromatic rings. The van der Waals surface area contributed by atoms with Crippen molar-refractivity contribution in [2.75, 3.05) is 13.7 Å². The number of benzene rings is 1. The minimum absolute atomic E-state index is 0.127. The number of esters is 1. The fraction of sp³-hybridized carbons (Fsp3) is 0.500. The summed E-state index contributed by atoms with van der Waals surface area (Å²) >= 11 is 0. The third-order valence-corrected chi connectivity index (χ3v) is 3.15. The van der Waals surface area contributed by atoms with Gasteiger partial charge < -0.3 is 14.2 Å². The Balaban J connectivity index is 1.93. The Bertz CT molecular complexity index is 404. The summed E-state index contributed by atoms with van der Waals surface area (Å²) in [6.45, 7) is 2.11. The molecule has 0 aliphatic carbocycles. The summed E-state index contributed by atoms with van der Waals surface area (Å²) in [7, 11) is 1.58. The second kappa shape index (κ2) is 5.50. The minimum atomic E-state index is -0.774. The zero-order valence-electron chi connectivity index (χ0n) is 10.7. The average Bonchev–Trinajstić information content (AvgIpc) is 2.79. The lowest BCUT2D eigenvalue weighted by Gasteiger charge is -2.26. The van der Waals surface area contributed by atoms with E-state index in [1.807, 2.05) is 13.0 Å². The van der Waals surface area contributed by atoms with Crippen LogP contribution in [0.25, 0.3) is 0 Å². The first-order valence-electron chi connectivity index (χ1n) is 6.10. The van der Waals surface area contributed by atoms with E-state index in [9.17, 15) is 4.79 Å². The average molecular weight is 250 g/mol. The topological polar surface area (TPSA) is 44.8 Å². The van der Waals surface area contributed by atoms with Crippen molar-refractivity contribution < 1.29 is 19.0 Å². The maximum absolute atomic E-state index is 11.8. The van der Waals surface area contributed by atoms with Gasteiger partial charge in [-0.25, -0.2) is 4.79 Å². The molecule has 1 unspecified atom stereocenters. The summed E-state index contributed by atoms with van der Waals surface area (Å²) in [5, 5.41) is 0. The first kappa shape index (κ1) is 13.1. The zero-order chi connectivity index (χ0) is 13.0. The van der Waals surface area contributed by atoms with Crippen LogP contribution in [0.2, 0.25) is 0 Å². The summed E-state index contributed by atoms with van der Waals surface area (Å²) in [6.07, 6.45) is 1.80. The van der Waals surface area contributed by atoms with Crippen molar-refractivity contribution in [3.8, 4) is 0 Å². The van der Waals surface area contributed by atoms with Gasteiger partial charge in [0, 0.05) is 13.5 Å². The maximum Gasteiger partial charge on any atom is 0.338 e. The Labute approximate surface area is 107 Å². The quantitative estimate of drug-likeness (QED) is 0.770. The van der Waals surface area contributed by atoms with Gasteiger partial charge in [0.15, 0.2) is 0 Å². The third kappa shape index (κ3) is 2.89. The van der Waals surface area contributed by atoms with Crippen LogP contribution in [-0.4, -0.2) is 31.6 Å². The lowest BCUT2D eigenvalue weighted by molar-refractivity contribution is -0.227. The fourth-order valence-electron chi connectivity index (χ4n) is 2.06. The van der Waals surface area contributed by atoms with Gasteiger partial charge in [-0.05, 0) is 25.5 Å². The molecule has 0 spiro atoms. The summed E-state index contributed by atoms with van der Waals surface area (Å²) in [6, 6.07) is 8.91. The van der Waals surface area contributed by atoms with Crippen molar-refractivity contribution in [1.29, 1.82) is 0 Å². The number of hydrogen-bond donors (Lipinski definition) is 0. The Hall–Kier alpha value is -1.39. The second-order valence-corrected chi connectivity index (χ2v) is 4.52. The Morgan fingerprint density at radius 2 is 2.17 bits per heavy atom. The number of hydrogen-bond acceptors (Lipinski definition) is 4. The van der Waals surface area contributed by atoms with Crippen LogP contribution in [0.3, 0.4) is 0 Å². The van der Waals surface area contributed by atoms with Crippen LogP contribution in [0.1, 0.15) is 30.1 Å². The van der Waals surface area contributed by atoms with Gasteiger partial charge in [-0.15, -0.1) is 0 Å². The van der Waals surface area contributed by atoms with Gasteiger partial charge in [-0.1, -0.05) is 18.2 Å². The monoisotopic (exact) mass is 250 g/mol. The van der Waals surface area contributed by atoms with Crippen LogP contribution in [0.15, 0.2) is 30.3 Å². The fourth-order valence-corrected chi connectivity index (χ4v) is 2.06. The van der Waals surface area contributed by atoms with Crippen LogP contribution in [-0.2, 0) is 14.2 Å². The highest BCUT2D eigenvalue weighted by molar-refractivity contribution is 5.89. The highest BCUT2D eigenvalue weighted by Crippen LogP contribution is 2.31. The van der Waals surface area contributed by atoms with Gasteiger partial charge >= 0.3 is 5.97 Å². The smallest absolute Gasteiger partial charge is 0.338 e. The van der Waals surface area contributed by atoms with Gasteiger partial charge in [0.2, 0.25) is 5.79 Å². The lowest BCUT2D eigenvalue weighted by Crippen LogP contribution is -2.37. The molecule has 0 radical (unpaired) electrons. The molecule has 0 saturated carbocycles. The van der Waals surface area contributed by atoms with Crippen molar-refractivity contribution >= 4 is 5.97 Å². The van der Waals surface area contributed by atoms with Gasteiger partial charge in [0.25, 0.3) is 0 Å². The van der Waals surface area contributed by atoms with Crippen LogP contribution >= 0.6 is 0 Å². The van der Waals surface area contributed by atoms with E-state index in [4.69, 9.17) is 14.2 Å². The normalized spacial score (nSPS) is 27.1. The number of carbonyl (C=O) groups excluding carboxylic acids is 1. The van der Waals surface area contributed by atoms with Gasteiger partial charge in [-0.3, -0.25) is 0 Å². The summed E-state index contributed by atoms with van der Waals surface area (Å²) in [5.74, 6) is -1.13. The van der Waals surface area contributed by atoms with E-state index in [1.54, 1.807) is 31.4 Å². The first-order valence-corrected chi connectivity index (χ1v) is 6.10. The zero-order valence-corrected chi connectivity index (χ0v) is 10.7. The first-order chi connectivity index (χ1) is 8.65. The molecule has 4 heteroatoms. The molecule has 1 fully saturated rings. The lowest BCUT2D eigenvalue weighted by atomic mass is 10.1. The summed E-state index contributed by atoms with van der Waals surface area (Å²) in [4.78, 5) is 11.8. The number of methoxy groups -OCH3 is 1. The van der Waals surface area contributed by atoms with Crippen LogP contribution < -0.4 is 0 Å². The molecule has 0 aromatic heterocycles. The molecule has 98 valence electrons. The van der Waals surface area contributed by atoms with Gasteiger partial charge in [0.1, 0.15) is 6.61 Å². The number of carbonyl (C=O) groups is 1. The number of ether oxygens (including phenoxy) is 3. The van der Waals surface area contributed by atoms with Crippen molar-refractivity contribution in [3.05, 3.63) is 35.9 Å². The van der Waals surface area contributed by atoms with Crippen molar-refractivity contribution in [3.63, 3.8) is 0 Å². The predicted octanol–water partition coefficient (Wildman–Crippen LogP) is 2.39. The molecule has 0 bridgehead atoms. The van der Waals surface area contributed by atoms with Gasteiger partial charge in [0.05, 0.1) is 11.7 Å². The molecule has 1 saturated heterocycles. The van der Waals surface area contributed by atoms with Crippen LogP contribution in [0, 0.1) is 0 Å². The molecule has 1 heterocycles. The molecular formula is C14H18O4. The summed E-state index contributed by atoms with van der Waals surface area (Å²) < 4.78 is 16.3. The molecule has 18 heavy (non-hydrogen) atoms. The largest absolute Gasteiger partial charge is 0.456 e. The predicted molar refractivity (Wildman–Crippen MR) is 66.2 cm³/mol. The molecule has 2 atom stereocenters. The van der Waals surface area contributed by atoms with E-state index in [-0.39, 0.29) is 18.7 Å². The summed E-state index contributed by atoms with van der Waals surface area (Å²) in [5.41, 5.74) is 0.537. The molecular weight excluding hydrogens is 232 g/mol. The van der Waals surface area contributed by atoms with E-state index in [1.165, 1.54) is 0 Å². The molecule has 0 N–H and O–H groups in total. The minimum Gasteiger partial charge on any atom is -0.456 e. The Morgan fingerprint density at radius 1 is 1.44 bits per heavy atom. The third-order valence-electron chi connectivity index (χ3n) is 3.15. The molecule has 1 aliphatic rings. The Morgan fingerprint density at radius 3 is 2.72 bits per heavy atom. The van der Waals surface area contributed by atoms with Crippen LogP contribution in [0.4, 0.5) is 0 Å². The molecule has 4 nitrogen and oxygen atoms in total. The van der Waals surface area contributed by atoms with E-state index >= 15 is 0 Å². The van der Waals surface area contributed by atoms with Crippen LogP contribution in [0.5, 0.6) is 0 Å². The highest BCUT2D eigenvalue weighted by Gasteiger charge is 2.40. The highest BCUT2D eigenvalue weighted by atomic mass is 16.7. The molecule has 2 rings (SSSR count). The number of rotatable bonds is 4. The van der Waals surface area contributed by atoms with Crippen molar-refractivity contribution in [2.24, 2.45) is 0 Å². The maximum atomic E-state index is 11.8.